The Balaban J connectivity index is 2.25. The van der Waals surface area contributed by atoms with Gasteiger partial charge in [0.15, 0.2) is 5.03 Å². The number of rotatable bonds is 3. The number of likely N-dealkylation sites (N-methyl/N-ethyl adjacent to an activating group) is 1. The fourth-order valence-corrected chi connectivity index (χ4v) is 3.72. The van der Waals surface area contributed by atoms with E-state index in [2.05, 4.69) is 10.3 Å². The molecule has 1 N–H and O–H groups in total. The van der Waals surface area contributed by atoms with E-state index in [1.165, 1.54) is 4.31 Å². The van der Waals surface area contributed by atoms with Crippen LogP contribution in [0.4, 0.5) is 0 Å². The molecule has 0 saturated carbocycles. The van der Waals surface area contributed by atoms with Crippen LogP contribution in [0.25, 0.3) is 0 Å². The van der Waals surface area contributed by atoms with E-state index in [-0.39, 0.29) is 11.1 Å². The summed E-state index contributed by atoms with van der Waals surface area (Å²) in [7, 11) is -1.58. The van der Waals surface area contributed by atoms with Crippen molar-refractivity contribution in [3.63, 3.8) is 0 Å². The van der Waals surface area contributed by atoms with E-state index >= 15 is 0 Å². The number of piperidine rings is 1. The maximum absolute atomic E-state index is 12.4. The van der Waals surface area contributed by atoms with Gasteiger partial charge in [0.1, 0.15) is 0 Å². The predicted molar refractivity (Wildman–Crippen MR) is 69.8 cm³/mol. The first-order chi connectivity index (χ1) is 8.54. The third-order valence-corrected chi connectivity index (χ3v) is 5.05. The van der Waals surface area contributed by atoms with Gasteiger partial charge in [0.25, 0.3) is 10.0 Å². The molecule has 2 heterocycles. The van der Waals surface area contributed by atoms with Crippen LogP contribution in [0.5, 0.6) is 0 Å². The van der Waals surface area contributed by atoms with Crippen LogP contribution in [-0.2, 0) is 10.0 Å². The Morgan fingerprint density at radius 1 is 1.50 bits per heavy atom. The van der Waals surface area contributed by atoms with E-state index in [9.17, 15) is 8.42 Å². The summed E-state index contributed by atoms with van der Waals surface area (Å²) in [5, 5.41) is 3.29. The normalized spacial score (nSPS) is 22.0. The zero-order valence-electron chi connectivity index (χ0n) is 10.8. The molecule has 1 aliphatic heterocycles. The third kappa shape index (κ3) is 2.71. The lowest BCUT2D eigenvalue weighted by Crippen LogP contribution is -2.47. The lowest BCUT2D eigenvalue weighted by atomic mass is 10.1. The molecule has 0 radical (unpaired) electrons. The van der Waals surface area contributed by atoms with E-state index in [1.54, 1.807) is 18.3 Å². The van der Waals surface area contributed by atoms with Gasteiger partial charge in [-0.2, -0.15) is 4.31 Å². The summed E-state index contributed by atoms with van der Waals surface area (Å²) in [6, 6.07) is 3.66. The predicted octanol–water partition coefficient (Wildman–Crippen LogP) is 0.763. The molecular formula is C12H19N3O2S. The SMILES string of the molecule is CN[C@@H]1CCCN(S(=O)(=O)c2cc(C)ccn2)C1. The minimum absolute atomic E-state index is 0.152. The minimum atomic E-state index is -3.45. The molecule has 0 unspecified atom stereocenters. The van der Waals surface area contributed by atoms with Gasteiger partial charge in [-0.1, -0.05) is 0 Å². The summed E-state index contributed by atoms with van der Waals surface area (Å²) in [6.07, 6.45) is 3.45. The van der Waals surface area contributed by atoms with Gasteiger partial charge in [0.2, 0.25) is 0 Å². The van der Waals surface area contributed by atoms with Crippen molar-refractivity contribution in [3.8, 4) is 0 Å². The largest absolute Gasteiger partial charge is 0.316 e. The summed E-state index contributed by atoms with van der Waals surface area (Å²) < 4.78 is 26.4. The van der Waals surface area contributed by atoms with Crippen LogP contribution in [0, 0.1) is 6.92 Å². The Morgan fingerprint density at radius 3 is 2.94 bits per heavy atom. The van der Waals surface area contributed by atoms with Crippen molar-refractivity contribution in [1.29, 1.82) is 0 Å². The summed E-state index contributed by atoms with van der Waals surface area (Å²) >= 11 is 0. The van der Waals surface area contributed by atoms with Gasteiger partial charge in [0, 0.05) is 25.3 Å². The summed E-state index contributed by atoms with van der Waals surface area (Å²) in [5.74, 6) is 0. The van der Waals surface area contributed by atoms with Gasteiger partial charge in [-0.05, 0) is 44.5 Å². The minimum Gasteiger partial charge on any atom is -0.316 e. The number of hydrogen-bond donors (Lipinski definition) is 1. The van der Waals surface area contributed by atoms with E-state index in [1.807, 2.05) is 14.0 Å². The Labute approximate surface area is 108 Å². The highest BCUT2D eigenvalue weighted by Gasteiger charge is 2.30. The van der Waals surface area contributed by atoms with Crippen molar-refractivity contribution in [2.45, 2.75) is 30.8 Å². The van der Waals surface area contributed by atoms with Gasteiger partial charge in [-0.3, -0.25) is 0 Å². The average molecular weight is 269 g/mol. The molecule has 1 aliphatic rings. The molecule has 1 fully saturated rings. The smallest absolute Gasteiger partial charge is 0.260 e. The topological polar surface area (TPSA) is 62.3 Å². The molecular weight excluding hydrogens is 250 g/mol. The zero-order chi connectivity index (χ0) is 13.2. The molecule has 0 bridgehead atoms. The molecule has 0 aromatic carbocycles. The maximum Gasteiger partial charge on any atom is 0.260 e. The van der Waals surface area contributed by atoms with Gasteiger partial charge in [-0.15, -0.1) is 0 Å². The number of aryl methyl sites for hydroxylation is 1. The number of nitrogens with one attached hydrogen (secondary N) is 1. The van der Waals surface area contributed by atoms with E-state index in [0.29, 0.717) is 13.1 Å². The molecule has 1 saturated heterocycles. The Bertz CT molecular complexity index is 516. The number of sulfonamides is 1. The fraction of sp³-hybridized carbons (Fsp3) is 0.583. The number of nitrogens with zero attached hydrogens (tertiary/aromatic N) is 2. The molecule has 0 spiro atoms. The molecule has 0 amide bonds. The Hall–Kier alpha value is -0.980. The Morgan fingerprint density at radius 2 is 2.28 bits per heavy atom. The molecule has 2 rings (SSSR count). The maximum atomic E-state index is 12.4. The second-order valence-corrected chi connectivity index (χ2v) is 6.55. The molecule has 0 aliphatic carbocycles. The van der Waals surface area contributed by atoms with Crippen molar-refractivity contribution >= 4 is 10.0 Å². The molecule has 6 heteroatoms. The van der Waals surface area contributed by atoms with Crippen molar-refractivity contribution in [3.05, 3.63) is 23.9 Å². The zero-order valence-corrected chi connectivity index (χ0v) is 11.6. The Kier molecular flexibility index (Phi) is 3.99. The summed E-state index contributed by atoms with van der Waals surface area (Å²) in [5.41, 5.74) is 0.908. The molecule has 1 aromatic rings. The number of aromatic nitrogens is 1. The highest BCUT2D eigenvalue weighted by Crippen LogP contribution is 2.19. The number of hydrogen-bond acceptors (Lipinski definition) is 4. The quantitative estimate of drug-likeness (QED) is 0.880. The highest BCUT2D eigenvalue weighted by molar-refractivity contribution is 7.89. The van der Waals surface area contributed by atoms with Gasteiger partial charge in [-0.25, -0.2) is 13.4 Å². The van der Waals surface area contributed by atoms with Gasteiger partial charge >= 0.3 is 0 Å². The van der Waals surface area contributed by atoms with Crippen LogP contribution >= 0.6 is 0 Å². The first kappa shape index (κ1) is 13.5. The monoisotopic (exact) mass is 269 g/mol. The average Bonchev–Trinajstić information content (AvgIpc) is 2.39. The van der Waals surface area contributed by atoms with Gasteiger partial charge < -0.3 is 5.32 Å². The summed E-state index contributed by atoms with van der Waals surface area (Å²) in [6.45, 7) is 2.97. The molecule has 5 nitrogen and oxygen atoms in total. The van der Waals surface area contributed by atoms with Crippen molar-refractivity contribution in [2.75, 3.05) is 20.1 Å². The van der Waals surface area contributed by atoms with Crippen LogP contribution in [0.15, 0.2) is 23.4 Å². The van der Waals surface area contributed by atoms with Crippen LogP contribution < -0.4 is 5.32 Å². The standard InChI is InChI=1S/C12H19N3O2S/c1-10-5-6-14-12(8-10)18(16,17)15-7-3-4-11(9-15)13-2/h5-6,8,11,13H,3-4,7,9H2,1-2H3/t11-/m1/s1. The first-order valence-electron chi connectivity index (χ1n) is 6.14. The lowest BCUT2D eigenvalue weighted by Gasteiger charge is -2.31. The second kappa shape index (κ2) is 5.34. The van der Waals surface area contributed by atoms with Crippen molar-refractivity contribution in [2.24, 2.45) is 0 Å². The molecule has 100 valence electrons. The molecule has 1 atom stereocenters. The summed E-state index contributed by atoms with van der Waals surface area (Å²) in [4.78, 5) is 3.99. The van der Waals surface area contributed by atoms with E-state index in [0.717, 1.165) is 18.4 Å². The first-order valence-corrected chi connectivity index (χ1v) is 7.58. The van der Waals surface area contributed by atoms with Gasteiger partial charge in [0.05, 0.1) is 0 Å². The van der Waals surface area contributed by atoms with Crippen LogP contribution in [-0.4, -0.2) is 43.9 Å². The molecule has 1 aromatic heterocycles. The van der Waals surface area contributed by atoms with Crippen LogP contribution in [0.2, 0.25) is 0 Å². The fourth-order valence-electron chi connectivity index (χ4n) is 2.18. The third-order valence-electron chi connectivity index (χ3n) is 3.29. The van der Waals surface area contributed by atoms with Crippen molar-refractivity contribution < 1.29 is 8.42 Å². The highest BCUT2D eigenvalue weighted by atomic mass is 32.2. The number of pyridine rings is 1. The lowest BCUT2D eigenvalue weighted by molar-refractivity contribution is 0.292. The second-order valence-electron chi connectivity index (χ2n) is 4.66. The van der Waals surface area contributed by atoms with Crippen LogP contribution in [0.3, 0.4) is 0 Å². The van der Waals surface area contributed by atoms with Crippen LogP contribution in [0.1, 0.15) is 18.4 Å². The molecule has 18 heavy (non-hydrogen) atoms. The van der Waals surface area contributed by atoms with E-state index < -0.39 is 10.0 Å². The van der Waals surface area contributed by atoms with Crippen molar-refractivity contribution in [1.82, 2.24) is 14.6 Å². The van der Waals surface area contributed by atoms with E-state index in [4.69, 9.17) is 0 Å².